The predicted molar refractivity (Wildman–Crippen MR) is 116 cm³/mol. The maximum atomic E-state index is 13.9. The molecule has 2 aromatic rings. The number of nitrogens with zero attached hydrogens (tertiary/aromatic N) is 2. The van der Waals surface area contributed by atoms with Crippen LogP contribution >= 0.6 is 0 Å². The molecular weight excluding hydrogens is 392 g/mol. The van der Waals surface area contributed by atoms with E-state index in [-0.39, 0.29) is 12.4 Å². The summed E-state index contributed by atoms with van der Waals surface area (Å²) in [5.74, 6) is -1.09. The number of hydrogen-bond acceptors (Lipinski definition) is 6. The highest BCUT2D eigenvalue weighted by molar-refractivity contribution is 5.99. The Labute approximate surface area is 182 Å². The Hall–Kier alpha value is -3.33. The molecule has 3 heterocycles. The zero-order chi connectivity index (χ0) is 22.4. The second kappa shape index (κ2) is 7.42. The second-order valence-electron chi connectivity index (χ2n) is 9.02. The van der Waals surface area contributed by atoms with E-state index in [2.05, 4.69) is 6.07 Å². The van der Waals surface area contributed by atoms with Gasteiger partial charge in [-0.3, -0.25) is 9.59 Å². The molecule has 0 aliphatic carbocycles. The molecule has 31 heavy (non-hydrogen) atoms. The number of nitriles is 1. The van der Waals surface area contributed by atoms with E-state index in [0.717, 1.165) is 11.3 Å². The molecule has 6 heteroatoms. The molecule has 0 bridgehead atoms. The second-order valence-corrected chi connectivity index (χ2v) is 9.02. The summed E-state index contributed by atoms with van der Waals surface area (Å²) in [4.78, 5) is 29.2. The number of benzene rings is 1. The fourth-order valence-electron chi connectivity index (χ4n) is 4.84. The van der Waals surface area contributed by atoms with E-state index in [1.165, 1.54) is 6.26 Å². The van der Waals surface area contributed by atoms with Gasteiger partial charge < -0.3 is 14.1 Å². The number of para-hydroxylation sites is 1. The molecule has 2 aliphatic rings. The fraction of sp³-hybridized carbons (Fsp3) is 0.400. The summed E-state index contributed by atoms with van der Waals surface area (Å²) in [6.07, 6.45) is 5.25. The van der Waals surface area contributed by atoms with E-state index < -0.39 is 34.8 Å². The van der Waals surface area contributed by atoms with Gasteiger partial charge in [0.05, 0.1) is 30.9 Å². The van der Waals surface area contributed by atoms with Crippen LogP contribution in [0.1, 0.15) is 44.9 Å². The third kappa shape index (κ3) is 2.99. The summed E-state index contributed by atoms with van der Waals surface area (Å²) in [5.41, 5.74) is -0.586. The first kappa shape index (κ1) is 20.9. The minimum Gasteiger partial charge on any atom is -0.469 e. The molecule has 0 N–H and O–H groups in total. The highest BCUT2D eigenvalue weighted by Crippen LogP contribution is 2.57. The minimum absolute atomic E-state index is 0.0644. The Morgan fingerprint density at radius 3 is 2.58 bits per heavy atom. The number of anilines is 1. The van der Waals surface area contributed by atoms with Crippen LogP contribution in [-0.4, -0.2) is 30.4 Å². The van der Waals surface area contributed by atoms with Gasteiger partial charge in [0.1, 0.15) is 11.8 Å². The van der Waals surface area contributed by atoms with Gasteiger partial charge in [0.2, 0.25) is 0 Å². The zero-order valence-corrected chi connectivity index (χ0v) is 18.2. The molecule has 1 saturated heterocycles. The van der Waals surface area contributed by atoms with Gasteiger partial charge in [0.15, 0.2) is 11.2 Å². The van der Waals surface area contributed by atoms with Gasteiger partial charge in [-0.2, -0.15) is 5.26 Å². The van der Waals surface area contributed by atoms with E-state index in [1.54, 1.807) is 19.1 Å². The first-order valence-electron chi connectivity index (χ1n) is 10.5. The van der Waals surface area contributed by atoms with Gasteiger partial charge in [0, 0.05) is 11.1 Å². The first-order chi connectivity index (χ1) is 14.8. The Balaban J connectivity index is 2.04. The molecule has 0 unspecified atom stereocenters. The van der Waals surface area contributed by atoms with Crippen LogP contribution < -0.4 is 4.90 Å². The molecule has 0 spiro atoms. The largest absolute Gasteiger partial charge is 0.469 e. The van der Waals surface area contributed by atoms with Crippen molar-refractivity contribution in [2.24, 2.45) is 10.8 Å². The third-order valence-corrected chi connectivity index (χ3v) is 6.20. The number of carbonyl (C=O) groups excluding carboxylic acids is 2. The lowest BCUT2D eigenvalue weighted by Gasteiger charge is -2.37. The molecule has 0 radical (unpaired) electrons. The monoisotopic (exact) mass is 418 g/mol. The Kier molecular flexibility index (Phi) is 5.01. The number of esters is 1. The van der Waals surface area contributed by atoms with Crippen LogP contribution in [0, 0.1) is 22.2 Å². The van der Waals surface area contributed by atoms with Gasteiger partial charge in [-0.15, -0.1) is 0 Å². The van der Waals surface area contributed by atoms with Crippen molar-refractivity contribution in [3.63, 3.8) is 0 Å². The van der Waals surface area contributed by atoms with E-state index in [0.29, 0.717) is 5.76 Å². The average molecular weight is 418 g/mol. The molecule has 160 valence electrons. The number of ether oxygens (including phenoxy) is 1. The lowest BCUT2D eigenvalue weighted by Crippen LogP contribution is -2.48. The van der Waals surface area contributed by atoms with Crippen molar-refractivity contribution >= 4 is 23.5 Å². The Morgan fingerprint density at radius 2 is 1.97 bits per heavy atom. The molecule has 1 fully saturated rings. The van der Waals surface area contributed by atoms with Crippen molar-refractivity contribution < 1.29 is 18.7 Å². The lowest BCUT2D eigenvalue weighted by atomic mass is 9.68. The summed E-state index contributed by atoms with van der Waals surface area (Å²) in [6, 6.07) is 12.0. The summed E-state index contributed by atoms with van der Waals surface area (Å²) >= 11 is 0. The quantitative estimate of drug-likeness (QED) is 0.687. The molecule has 1 aromatic carbocycles. The van der Waals surface area contributed by atoms with Crippen LogP contribution in [0.3, 0.4) is 0 Å². The highest BCUT2D eigenvalue weighted by Gasteiger charge is 2.68. The number of rotatable bonds is 4. The summed E-state index contributed by atoms with van der Waals surface area (Å²) < 4.78 is 11.2. The number of furan rings is 1. The molecule has 0 saturated carbocycles. The number of Topliss-reactive ketones (excluding diaryl/α,β-unsaturated/α-hetero) is 1. The first-order valence-corrected chi connectivity index (χ1v) is 10.5. The average Bonchev–Trinajstić information content (AvgIpc) is 3.37. The maximum Gasteiger partial charge on any atom is 0.329 e. The van der Waals surface area contributed by atoms with Gasteiger partial charge in [-0.25, -0.2) is 0 Å². The Morgan fingerprint density at radius 1 is 1.23 bits per heavy atom. The summed E-state index contributed by atoms with van der Waals surface area (Å²) in [7, 11) is 0. The van der Waals surface area contributed by atoms with Crippen molar-refractivity contribution in [3.05, 3.63) is 60.1 Å². The molecular formula is C25H26N2O4. The van der Waals surface area contributed by atoms with Crippen molar-refractivity contribution in [3.8, 4) is 6.07 Å². The van der Waals surface area contributed by atoms with Gasteiger partial charge in [-0.05, 0) is 30.7 Å². The van der Waals surface area contributed by atoms with Gasteiger partial charge in [-0.1, -0.05) is 51.1 Å². The van der Waals surface area contributed by atoms with E-state index in [1.807, 2.05) is 62.1 Å². The minimum atomic E-state index is -1.64. The van der Waals surface area contributed by atoms with Crippen LogP contribution in [0.4, 0.5) is 5.69 Å². The molecule has 4 atom stereocenters. The van der Waals surface area contributed by atoms with Crippen LogP contribution in [-0.2, 0) is 14.3 Å². The van der Waals surface area contributed by atoms with Gasteiger partial charge >= 0.3 is 5.97 Å². The molecule has 6 nitrogen and oxygen atoms in total. The van der Waals surface area contributed by atoms with Crippen LogP contribution in [0.5, 0.6) is 0 Å². The fourth-order valence-corrected chi connectivity index (χ4v) is 4.84. The van der Waals surface area contributed by atoms with E-state index >= 15 is 0 Å². The molecule has 1 aromatic heterocycles. The van der Waals surface area contributed by atoms with Crippen molar-refractivity contribution in [1.82, 2.24) is 0 Å². The third-order valence-electron chi connectivity index (χ3n) is 6.20. The highest BCUT2D eigenvalue weighted by atomic mass is 16.5. The molecule has 4 rings (SSSR count). The smallest absolute Gasteiger partial charge is 0.329 e. The van der Waals surface area contributed by atoms with Crippen molar-refractivity contribution in [2.45, 2.75) is 45.7 Å². The van der Waals surface area contributed by atoms with Crippen LogP contribution in [0.2, 0.25) is 0 Å². The normalized spacial score (nSPS) is 26.7. The van der Waals surface area contributed by atoms with Crippen molar-refractivity contribution in [1.29, 1.82) is 5.26 Å². The predicted octanol–water partition coefficient (Wildman–Crippen LogP) is 4.34. The number of carbonyl (C=O) groups is 2. The van der Waals surface area contributed by atoms with E-state index in [9.17, 15) is 14.9 Å². The number of ketones is 1. The lowest BCUT2D eigenvalue weighted by molar-refractivity contribution is -0.153. The van der Waals surface area contributed by atoms with E-state index in [4.69, 9.17) is 9.15 Å². The maximum absolute atomic E-state index is 13.9. The SMILES string of the molecule is CCOC(=O)[C@@]1(C#N)[C@@H]2C=Cc3ccccc3N2[C@@H](C(=O)C(C)(C)C)[C@@H]1c1ccco1. The molecule has 0 amide bonds. The number of fused-ring (bicyclic) bond motifs is 3. The van der Waals surface area contributed by atoms with Crippen LogP contribution in [0.15, 0.2) is 53.2 Å². The zero-order valence-electron chi connectivity index (χ0n) is 18.2. The number of hydrogen-bond donors (Lipinski definition) is 0. The topological polar surface area (TPSA) is 83.5 Å². The Bertz CT molecular complexity index is 1070. The summed E-state index contributed by atoms with van der Waals surface area (Å²) in [5, 5.41) is 10.5. The summed E-state index contributed by atoms with van der Waals surface area (Å²) in [6.45, 7) is 7.41. The molecule has 2 aliphatic heterocycles. The standard InChI is InChI=1S/C25H26N2O4/c1-5-30-23(29)25(15-26)19-13-12-16-9-6-7-10-17(16)27(19)21(22(28)24(2,3)4)20(25)18-11-8-14-31-18/h6-14,19-21H,5H2,1-4H3/t19-,20-,21+,25-/m0/s1. The van der Waals surface area contributed by atoms with Gasteiger partial charge in [0.25, 0.3) is 0 Å². The van der Waals surface area contributed by atoms with Crippen molar-refractivity contribution in [2.75, 3.05) is 11.5 Å². The van der Waals surface area contributed by atoms with Crippen LogP contribution in [0.25, 0.3) is 6.08 Å².